The SMILES string of the molecule is CC[C@H](C)[C@H](N)C(=O)N[C@H](C(=O)N[C@@H](Cc1ccccc1)C(=O)N[C@@]1(C)CCC/C=C\CCC[C@@](C)(C(=O)N[C@@H](Cc2ccc(O)cc2)C(=O)N[C@@H](Cc2ccc(O)cc2)C(=O)NCC(=O)N[C@@H](CCCCN)C(=O)N[C@@H](CCCCN)C(=O)N[C@@H](CCCCN)C(=O)O)NC(=O)[C@H](CC(C)C)NC(=O)[C@H](CC(C)C)NC(=O)[C@H](CC(=O)O)NC1=O)[C@@H](C)O. The van der Waals surface area contributed by atoms with Gasteiger partial charge in [-0.2, -0.15) is 0 Å². The molecule has 3 aromatic carbocycles. The second-order valence-corrected chi connectivity index (χ2v) is 33.3. The Morgan fingerprint density at radius 1 is 0.492 bits per heavy atom. The maximum atomic E-state index is 15.6. The van der Waals surface area contributed by atoms with Crippen LogP contribution in [0.15, 0.2) is 91.0 Å². The van der Waals surface area contributed by atoms with Crippen LogP contribution in [0.4, 0.5) is 0 Å². The number of carboxylic acid groups (broad SMARTS) is 2. The standard InChI is InChI=1S/C87H135N17O20/c1-10-53(6)71(91)81(119)102-72(54(7)105)82(120)99-67(46-55-26-16-15-17-27-55)80(118)104-87(9)40-22-14-12-11-13-21-39-86(8,103-79(117)64(45-52(4)5)97-76(114)63(44-51(2)3)96-78(116)68(49-70(109)110)101-85(87)124)84(123)100-66(48-57-33-37-59(107)38-34-57)77(115)98-65(47-56-31-35-58(106)36-32-56)73(111)92-50-69(108)93-60(28-18-23-41-88)74(112)94-61(29-19-24-42-89)75(113)95-62(83(121)122)30-20-25-43-90/h11-12,15-17,26-27,31-38,51-54,60-68,71-72,105-107H,10,13-14,18-25,28-30,39-50,88-91H2,1-9H3,(H,92,111)(H,93,108)(H,94,112)(H,95,113)(H,96,116)(H,97,114)(H,98,115)(H,99,120)(H,100,123)(H,101,124)(H,102,119)(H,103,117)(H,104,118)(H,109,110)(H,121,122)/b12-11-/t53-,54+,60-,61-,62-,63-,64-,65-,66-,67-,68-,71-,72-,86-,87-/m0/s1. The molecule has 0 radical (unpaired) electrons. The number of amides is 13. The molecule has 0 aromatic heterocycles. The lowest BCUT2D eigenvalue weighted by Crippen LogP contribution is -2.65. The van der Waals surface area contributed by atoms with Crippen molar-refractivity contribution in [3.63, 3.8) is 0 Å². The number of aliphatic hydroxyl groups excluding tert-OH is 1. The van der Waals surface area contributed by atoms with E-state index in [1.54, 1.807) is 77.1 Å². The average Bonchev–Trinajstić information content (AvgIpc) is 0.850. The molecule has 3 aromatic rings. The average molecular weight is 1740 g/mol. The number of phenols is 2. The molecule has 1 heterocycles. The number of carboxylic acids is 2. The van der Waals surface area contributed by atoms with Gasteiger partial charge in [-0.25, -0.2) is 4.79 Å². The molecule has 0 fully saturated rings. The summed E-state index contributed by atoms with van der Waals surface area (Å²) in [6, 6.07) is 3.45. The number of unbranched alkanes of at least 4 members (excludes halogenated alkanes) is 3. The number of hydrogen-bond donors (Lipinski definition) is 22. The van der Waals surface area contributed by atoms with Crippen LogP contribution in [0.3, 0.4) is 0 Å². The highest BCUT2D eigenvalue weighted by Gasteiger charge is 2.44. The second kappa shape index (κ2) is 53.8. The van der Waals surface area contributed by atoms with Gasteiger partial charge in [-0.15, -0.1) is 0 Å². The number of aliphatic carboxylic acids is 2. The van der Waals surface area contributed by atoms with Crippen LogP contribution in [0.1, 0.15) is 201 Å². The zero-order valence-electron chi connectivity index (χ0n) is 72.9. The van der Waals surface area contributed by atoms with Crippen LogP contribution >= 0.6 is 0 Å². The quantitative estimate of drug-likeness (QED) is 0.0271. The van der Waals surface area contributed by atoms with Crippen LogP contribution in [-0.2, 0) is 91.2 Å². The summed E-state index contributed by atoms with van der Waals surface area (Å²) < 4.78 is 0. The van der Waals surface area contributed by atoms with E-state index in [4.69, 9.17) is 22.9 Å². The lowest BCUT2D eigenvalue weighted by molar-refractivity contribution is -0.143. The highest BCUT2D eigenvalue weighted by molar-refractivity contribution is 6.02. The minimum Gasteiger partial charge on any atom is -0.508 e. The number of phenolic OH excluding ortho intramolecular Hbond substituents is 2. The van der Waals surface area contributed by atoms with Crippen LogP contribution < -0.4 is 92.1 Å². The number of carbonyl (C=O) groups is 15. The normalized spacial score (nSPS) is 20.2. The van der Waals surface area contributed by atoms with Gasteiger partial charge in [-0.05, 0) is 208 Å². The first-order chi connectivity index (χ1) is 58.7. The fourth-order valence-electron chi connectivity index (χ4n) is 13.8. The van der Waals surface area contributed by atoms with Crippen molar-refractivity contribution in [1.82, 2.24) is 69.1 Å². The van der Waals surface area contributed by atoms with Gasteiger partial charge in [0.2, 0.25) is 76.8 Å². The largest absolute Gasteiger partial charge is 0.508 e. The summed E-state index contributed by atoms with van der Waals surface area (Å²) in [7, 11) is 0. The number of carbonyl (C=O) groups excluding carboxylic acids is 13. The highest BCUT2D eigenvalue weighted by atomic mass is 16.4. The minimum absolute atomic E-state index is 0.00713. The number of rotatable bonds is 46. The highest BCUT2D eigenvalue weighted by Crippen LogP contribution is 2.24. The Morgan fingerprint density at radius 2 is 0.927 bits per heavy atom. The van der Waals surface area contributed by atoms with Gasteiger partial charge in [0.05, 0.1) is 25.1 Å². The van der Waals surface area contributed by atoms with Gasteiger partial charge in [0.15, 0.2) is 0 Å². The van der Waals surface area contributed by atoms with Gasteiger partial charge < -0.3 is 118 Å². The topological polar surface area (TPSA) is 618 Å². The molecule has 0 unspecified atom stereocenters. The van der Waals surface area contributed by atoms with E-state index in [2.05, 4.69) is 69.1 Å². The zero-order chi connectivity index (χ0) is 92.4. The summed E-state index contributed by atoms with van der Waals surface area (Å²) in [6.45, 7) is 14.5. The Kier molecular flexibility index (Phi) is 45.6. The van der Waals surface area contributed by atoms with E-state index in [1.807, 2.05) is 6.92 Å². The van der Waals surface area contributed by atoms with Crippen LogP contribution in [0, 0.1) is 17.8 Å². The molecule has 26 N–H and O–H groups in total. The molecule has 37 nitrogen and oxygen atoms in total. The molecule has 15 atom stereocenters. The number of aromatic hydroxyl groups is 2. The maximum absolute atomic E-state index is 15.6. The predicted octanol–water partition coefficient (Wildman–Crippen LogP) is 0.543. The Bertz CT molecular complexity index is 4020. The van der Waals surface area contributed by atoms with Gasteiger partial charge in [-0.1, -0.05) is 115 Å². The van der Waals surface area contributed by atoms with Crippen molar-refractivity contribution in [3.8, 4) is 11.5 Å². The molecule has 1 aliphatic heterocycles. The number of allylic oxidation sites excluding steroid dienone is 2. The van der Waals surface area contributed by atoms with Crippen molar-refractivity contribution in [2.45, 2.75) is 287 Å². The van der Waals surface area contributed by atoms with E-state index in [9.17, 15) is 78.3 Å². The predicted molar refractivity (Wildman–Crippen MR) is 463 cm³/mol. The van der Waals surface area contributed by atoms with Crippen molar-refractivity contribution in [1.29, 1.82) is 0 Å². The molecule has 13 amide bonds. The molecule has 37 heteroatoms. The number of aliphatic hydroxyl groups is 1. The van der Waals surface area contributed by atoms with Crippen molar-refractivity contribution in [2.24, 2.45) is 40.7 Å². The summed E-state index contributed by atoms with van der Waals surface area (Å²) in [5, 5.41) is 86.1. The van der Waals surface area contributed by atoms with E-state index >= 15 is 19.2 Å². The van der Waals surface area contributed by atoms with Gasteiger partial charge in [0.1, 0.15) is 83.0 Å². The summed E-state index contributed by atoms with van der Waals surface area (Å²) in [5.74, 6) is -16.3. The molecule has 688 valence electrons. The van der Waals surface area contributed by atoms with Crippen molar-refractivity contribution < 1.29 is 97.5 Å². The first-order valence-electron chi connectivity index (χ1n) is 42.9. The second-order valence-electron chi connectivity index (χ2n) is 33.3. The third-order valence-corrected chi connectivity index (χ3v) is 21.5. The lowest BCUT2D eigenvalue weighted by atomic mass is 9.90. The Balaban J connectivity index is 1.79. The minimum atomic E-state index is -2.03. The van der Waals surface area contributed by atoms with E-state index in [0.717, 1.165) is 0 Å². The van der Waals surface area contributed by atoms with Crippen LogP contribution in [0.25, 0.3) is 0 Å². The number of nitrogens with two attached hydrogens (primary N) is 4. The molecular weight excluding hydrogens is 1600 g/mol. The van der Waals surface area contributed by atoms with E-state index in [1.165, 1.54) is 69.3 Å². The van der Waals surface area contributed by atoms with E-state index in [-0.39, 0.29) is 132 Å². The molecule has 0 bridgehead atoms. The Labute approximate surface area is 725 Å². The molecule has 0 saturated heterocycles. The van der Waals surface area contributed by atoms with Crippen molar-refractivity contribution in [2.75, 3.05) is 26.2 Å². The van der Waals surface area contributed by atoms with Crippen molar-refractivity contribution >= 4 is 88.7 Å². The third kappa shape index (κ3) is 37.1. The van der Waals surface area contributed by atoms with Crippen LogP contribution in [-0.4, -0.2) is 224 Å². The van der Waals surface area contributed by atoms with Gasteiger partial charge >= 0.3 is 11.9 Å². The number of nitrogens with one attached hydrogen (secondary N) is 13. The molecule has 4 rings (SSSR count). The molecule has 0 saturated carbocycles. The zero-order valence-corrected chi connectivity index (χ0v) is 72.9. The van der Waals surface area contributed by atoms with Crippen LogP contribution in [0.2, 0.25) is 0 Å². The Hall–Kier alpha value is -11.1. The van der Waals surface area contributed by atoms with Gasteiger partial charge in [-0.3, -0.25) is 67.1 Å². The molecule has 0 aliphatic carbocycles. The van der Waals surface area contributed by atoms with Gasteiger partial charge in [0.25, 0.3) is 0 Å². The Morgan fingerprint density at radius 3 is 1.41 bits per heavy atom. The lowest BCUT2D eigenvalue weighted by Gasteiger charge is -2.34. The van der Waals surface area contributed by atoms with Crippen LogP contribution in [0.5, 0.6) is 11.5 Å². The molecular formula is C87H135N17O20. The summed E-state index contributed by atoms with van der Waals surface area (Å²) in [5.41, 5.74) is 20.6. The van der Waals surface area contributed by atoms with Gasteiger partial charge in [0, 0.05) is 19.3 Å². The molecule has 124 heavy (non-hydrogen) atoms. The maximum Gasteiger partial charge on any atom is 0.326 e. The number of benzene rings is 3. The third-order valence-electron chi connectivity index (χ3n) is 21.5. The summed E-state index contributed by atoms with van der Waals surface area (Å²) in [4.78, 5) is 215. The fraction of sp³-hybridized carbons (Fsp3) is 0.598. The fourth-order valence-corrected chi connectivity index (χ4v) is 13.8. The van der Waals surface area contributed by atoms with E-state index < -0.39 is 185 Å². The smallest absolute Gasteiger partial charge is 0.326 e. The molecule has 1 aliphatic rings. The van der Waals surface area contributed by atoms with Crippen molar-refractivity contribution in [3.05, 3.63) is 108 Å². The summed E-state index contributed by atoms with van der Waals surface area (Å²) >= 11 is 0. The monoisotopic (exact) mass is 1740 g/mol. The molecule has 0 spiro atoms. The first kappa shape index (κ1) is 105. The summed E-state index contributed by atoms with van der Waals surface area (Å²) in [6.07, 6.45) is 3.30. The number of hydrogen-bond acceptors (Lipinski definition) is 22. The first-order valence-corrected chi connectivity index (χ1v) is 42.9. The van der Waals surface area contributed by atoms with E-state index in [0.29, 0.717) is 68.2 Å².